The van der Waals surface area contributed by atoms with Crippen molar-refractivity contribution in [2.75, 3.05) is 16.9 Å². The summed E-state index contributed by atoms with van der Waals surface area (Å²) >= 11 is 0. The molecule has 0 atom stereocenters. The summed E-state index contributed by atoms with van der Waals surface area (Å²) in [6.45, 7) is 1.99. The van der Waals surface area contributed by atoms with Crippen LogP contribution in [0.2, 0.25) is 0 Å². The lowest BCUT2D eigenvalue weighted by Crippen LogP contribution is -2.30. The number of pyridine rings is 1. The number of nitrogen functional groups attached to an aromatic ring is 1. The molecule has 2 aromatic rings. The number of fused-ring (bicyclic) bond motifs is 1. The van der Waals surface area contributed by atoms with Crippen molar-refractivity contribution in [3.05, 3.63) is 53.7 Å². The minimum absolute atomic E-state index is 0.691. The molecule has 0 fully saturated rings. The SMILES string of the molecule is NNc1ccc(N2CCc3ccccc3C2)cn1. The van der Waals surface area contributed by atoms with E-state index in [1.807, 2.05) is 12.3 Å². The maximum absolute atomic E-state index is 5.32. The molecule has 1 aromatic carbocycles. The third-order valence-electron chi connectivity index (χ3n) is 3.39. The molecule has 0 radical (unpaired) electrons. The van der Waals surface area contributed by atoms with Crippen molar-refractivity contribution < 1.29 is 0 Å². The molecule has 1 aromatic heterocycles. The Morgan fingerprint density at radius 2 is 1.94 bits per heavy atom. The number of nitrogens with one attached hydrogen (secondary N) is 1. The molecule has 2 heterocycles. The molecule has 4 heteroatoms. The Bertz CT molecular complexity index is 536. The standard InChI is InChI=1S/C14H16N4/c15-17-14-6-5-13(9-16-14)18-8-7-11-3-1-2-4-12(11)10-18/h1-6,9H,7-8,10,15H2,(H,16,17). The molecule has 0 saturated carbocycles. The molecule has 0 unspecified atom stereocenters. The van der Waals surface area contributed by atoms with Crippen LogP contribution in [-0.4, -0.2) is 11.5 Å². The van der Waals surface area contributed by atoms with Crippen molar-refractivity contribution in [1.29, 1.82) is 0 Å². The number of aromatic nitrogens is 1. The second-order valence-electron chi connectivity index (χ2n) is 4.49. The number of nitrogens with two attached hydrogens (primary N) is 1. The molecule has 18 heavy (non-hydrogen) atoms. The van der Waals surface area contributed by atoms with E-state index in [1.165, 1.54) is 11.1 Å². The van der Waals surface area contributed by atoms with Crippen LogP contribution in [0.4, 0.5) is 11.5 Å². The predicted molar refractivity (Wildman–Crippen MR) is 73.2 cm³/mol. The third kappa shape index (κ3) is 2.02. The van der Waals surface area contributed by atoms with Crippen LogP contribution in [0.25, 0.3) is 0 Å². The first-order chi connectivity index (χ1) is 8.86. The van der Waals surface area contributed by atoms with Crippen LogP contribution < -0.4 is 16.2 Å². The first-order valence-corrected chi connectivity index (χ1v) is 6.11. The first-order valence-electron chi connectivity index (χ1n) is 6.11. The van der Waals surface area contributed by atoms with Gasteiger partial charge in [-0.25, -0.2) is 10.8 Å². The predicted octanol–water partition coefficient (Wildman–Crippen LogP) is 1.93. The van der Waals surface area contributed by atoms with Crippen LogP contribution in [0.1, 0.15) is 11.1 Å². The largest absolute Gasteiger partial charge is 0.366 e. The lowest BCUT2D eigenvalue weighted by molar-refractivity contribution is 0.730. The molecule has 0 bridgehead atoms. The summed E-state index contributed by atoms with van der Waals surface area (Å²) in [6, 6.07) is 12.6. The van der Waals surface area contributed by atoms with Gasteiger partial charge in [0.2, 0.25) is 0 Å². The maximum Gasteiger partial charge on any atom is 0.140 e. The van der Waals surface area contributed by atoms with Crippen molar-refractivity contribution in [1.82, 2.24) is 4.98 Å². The van der Waals surface area contributed by atoms with Crippen LogP contribution in [0, 0.1) is 0 Å². The quantitative estimate of drug-likeness (QED) is 0.622. The van der Waals surface area contributed by atoms with Crippen LogP contribution in [-0.2, 0) is 13.0 Å². The van der Waals surface area contributed by atoms with Gasteiger partial charge in [0.15, 0.2) is 0 Å². The molecule has 0 amide bonds. The Balaban J connectivity index is 1.82. The van der Waals surface area contributed by atoms with Crippen molar-refractivity contribution >= 4 is 11.5 Å². The van der Waals surface area contributed by atoms with Crippen LogP contribution >= 0.6 is 0 Å². The van der Waals surface area contributed by atoms with E-state index in [2.05, 4.69) is 45.6 Å². The third-order valence-corrected chi connectivity index (χ3v) is 3.39. The fourth-order valence-corrected chi connectivity index (χ4v) is 2.37. The Hall–Kier alpha value is -2.07. The number of rotatable bonds is 2. The van der Waals surface area contributed by atoms with Gasteiger partial charge in [0.25, 0.3) is 0 Å². The molecule has 4 nitrogen and oxygen atoms in total. The number of hydrogen-bond donors (Lipinski definition) is 2. The molecule has 0 saturated heterocycles. The van der Waals surface area contributed by atoms with Crippen molar-refractivity contribution in [3.63, 3.8) is 0 Å². The zero-order valence-corrected chi connectivity index (χ0v) is 10.1. The van der Waals surface area contributed by atoms with E-state index < -0.39 is 0 Å². The number of anilines is 2. The van der Waals surface area contributed by atoms with E-state index in [-0.39, 0.29) is 0 Å². The number of benzene rings is 1. The highest BCUT2D eigenvalue weighted by molar-refractivity contribution is 5.51. The van der Waals surface area contributed by atoms with Crippen molar-refractivity contribution in [3.8, 4) is 0 Å². The summed E-state index contributed by atoms with van der Waals surface area (Å²) in [4.78, 5) is 6.59. The second kappa shape index (κ2) is 4.66. The molecular formula is C14H16N4. The Morgan fingerprint density at radius 1 is 1.11 bits per heavy atom. The van der Waals surface area contributed by atoms with Gasteiger partial charge in [0.1, 0.15) is 5.82 Å². The molecule has 3 N–H and O–H groups in total. The fraction of sp³-hybridized carbons (Fsp3) is 0.214. The van der Waals surface area contributed by atoms with Crippen molar-refractivity contribution in [2.45, 2.75) is 13.0 Å². The van der Waals surface area contributed by atoms with E-state index >= 15 is 0 Å². The Kier molecular flexibility index (Phi) is 2.86. The summed E-state index contributed by atoms with van der Waals surface area (Å²) in [5.41, 5.74) is 6.55. The second-order valence-corrected chi connectivity index (χ2v) is 4.49. The number of hydrogen-bond acceptors (Lipinski definition) is 4. The lowest BCUT2D eigenvalue weighted by Gasteiger charge is -2.30. The summed E-state index contributed by atoms with van der Waals surface area (Å²) in [7, 11) is 0. The van der Waals surface area contributed by atoms with E-state index in [9.17, 15) is 0 Å². The van der Waals surface area contributed by atoms with Gasteiger partial charge in [-0.2, -0.15) is 0 Å². The molecule has 92 valence electrons. The smallest absolute Gasteiger partial charge is 0.140 e. The molecular weight excluding hydrogens is 224 g/mol. The average molecular weight is 240 g/mol. The van der Waals surface area contributed by atoms with Crippen molar-refractivity contribution in [2.24, 2.45) is 5.84 Å². The summed E-state index contributed by atoms with van der Waals surface area (Å²) in [6.07, 6.45) is 2.95. The van der Waals surface area contributed by atoms with Crippen LogP contribution in [0.3, 0.4) is 0 Å². The van der Waals surface area contributed by atoms with Gasteiger partial charge in [-0.3, -0.25) is 0 Å². The lowest BCUT2D eigenvalue weighted by atomic mass is 10.00. The molecule has 0 spiro atoms. The zero-order chi connectivity index (χ0) is 12.4. The molecule has 0 aliphatic carbocycles. The van der Waals surface area contributed by atoms with Gasteiger partial charge in [-0.15, -0.1) is 0 Å². The number of nitrogens with zero attached hydrogens (tertiary/aromatic N) is 2. The Labute approximate surface area is 106 Å². The Morgan fingerprint density at radius 3 is 2.67 bits per heavy atom. The minimum Gasteiger partial charge on any atom is -0.366 e. The normalized spacial score (nSPS) is 14.2. The van der Waals surface area contributed by atoms with Gasteiger partial charge >= 0.3 is 0 Å². The van der Waals surface area contributed by atoms with Gasteiger partial charge in [-0.05, 0) is 29.7 Å². The topological polar surface area (TPSA) is 54.2 Å². The summed E-state index contributed by atoms with van der Waals surface area (Å²) in [5.74, 6) is 6.01. The van der Waals surface area contributed by atoms with E-state index in [4.69, 9.17) is 5.84 Å². The van der Waals surface area contributed by atoms with Gasteiger partial charge in [-0.1, -0.05) is 24.3 Å². The van der Waals surface area contributed by atoms with E-state index in [0.717, 1.165) is 25.2 Å². The van der Waals surface area contributed by atoms with E-state index in [0.29, 0.717) is 5.82 Å². The highest BCUT2D eigenvalue weighted by Gasteiger charge is 2.15. The summed E-state index contributed by atoms with van der Waals surface area (Å²) < 4.78 is 0. The minimum atomic E-state index is 0.691. The number of hydrazine groups is 1. The van der Waals surface area contributed by atoms with E-state index in [1.54, 1.807) is 0 Å². The monoisotopic (exact) mass is 240 g/mol. The highest BCUT2D eigenvalue weighted by atomic mass is 15.2. The maximum atomic E-state index is 5.32. The van der Waals surface area contributed by atoms with Crippen LogP contribution in [0.15, 0.2) is 42.6 Å². The zero-order valence-electron chi connectivity index (χ0n) is 10.1. The van der Waals surface area contributed by atoms with Gasteiger partial charge in [0, 0.05) is 13.1 Å². The summed E-state index contributed by atoms with van der Waals surface area (Å²) in [5, 5.41) is 0. The van der Waals surface area contributed by atoms with Crippen LogP contribution in [0.5, 0.6) is 0 Å². The molecule has 3 rings (SSSR count). The van der Waals surface area contributed by atoms with Gasteiger partial charge < -0.3 is 10.3 Å². The average Bonchev–Trinajstić information content (AvgIpc) is 2.47. The highest BCUT2D eigenvalue weighted by Crippen LogP contribution is 2.24. The van der Waals surface area contributed by atoms with Gasteiger partial charge in [0.05, 0.1) is 11.9 Å². The molecule has 1 aliphatic heterocycles. The fourth-order valence-electron chi connectivity index (χ4n) is 2.37. The first kappa shape index (κ1) is 11.0. The molecule has 1 aliphatic rings.